The van der Waals surface area contributed by atoms with E-state index in [0.29, 0.717) is 5.95 Å². The van der Waals surface area contributed by atoms with Gasteiger partial charge in [0, 0.05) is 50.1 Å². The summed E-state index contributed by atoms with van der Waals surface area (Å²) in [5.41, 5.74) is 13.4. The molecule has 0 saturated carbocycles. The van der Waals surface area contributed by atoms with Gasteiger partial charge in [-0.05, 0) is 53.5 Å². The molecule has 3 aromatic heterocycles. The van der Waals surface area contributed by atoms with E-state index in [4.69, 9.17) is 9.97 Å². The number of nitrogens with zero attached hydrogens (tertiary/aromatic N) is 5. The van der Waals surface area contributed by atoms with Gasteiger partial charge in [-0.15, -0.1) is 0 Å². The molecule has 0 unspecified atom stereocenters. The number of hydrogen-bond donors (Lipinski definition) is 0. The molecule has 6 heteroatoms. The molecule has 1 aliphatic heterocycles. The summed E-state index contributed by atoms with van der Waals surface area (Å²) in [5.74, 6) is 1.43. The van der Waals surface area contributed by atoms with Crippen LogP contribution >= 0.6 is 0 Å². The maximum atomic E-state index is 5.48. The summed E-state index contributed by atoms with van der Waals surface area (Å²) in [6.07, 6.45) is 0. The third kappa shape index (κ3) is 4.91. The summed E-state index contributed by atoms with van der Waals surface area (Å²) >= 11 is 0. The topological polar surface area (TPSA) is 38.9 Å². The van der Waals surface area contributed by atoms with Crippen LogP contribution < -0.4 is 15.7 Å². The lowest BCUT2D eigenvalue weighted by Crippen LogP contribution is -2.57. The largest absolute Gasteiger partial charge is 0.376 e. The molecule has 0 atom stereocenters. The first-order chi connectivity index (χ1) is 28.8. The van der Waals surface area contributed by atoms with Gasteiger partial charge in [0.15, 0.2) is 0 Å². The zero-order valence-corrected chi connectivity index (χ0v) is 31.4. The van der Waals surface area contributed by atoms with Crippen molar-refractivity contribution in [2.45, 2.75) is 0 Å². The third-order valence-corrected chi connectivity index (χ3v) is 11.8. The molecule has 8 aromatic carbocycles. The van der Waals surface area contributed by atoms with Crippen LogP contribution in [0.1, 0.15) is 0 Å². The van der Waals surface area contributed by atoms with Gasteiger partial charge in [-0.1, -0.05) is 163 Å². The lowest BCUT2D eigenvalue weighted by molar-refractivity contribution is 0.952. The Hall–Kier alpha value is -7.70. The zero-order valence-electron chi connectivity index (χ0n) is 31.4. The van der Waals surface area contributed by atoms with Gasteiger partial charge < -0.3 is 4.81 Å². The molecule has 0 aliphatic carbocycles. The van der Waals surface area contributed by atoms with Crippen LogP contribution in [0, 0.1) is 0 Å². The second kappa shape index (κ2) is 12.9. The molecule has 0 N–H and O–H groups in total. The first kappa shape index (κ1) is 32.5. The molecule has 4 heterocycles. The Balaban J connectivity index is 1.12. The quantitative estimate of drug-likeness (QED) is 0.165. The highest BCUT2D eigenvalue weighted by molar-refractivity contribution is 6.90. The molecule has 5 nitrogen and oxygen atoms in total. The highest BCUT2D eigenvalue weighted by Crippen LogP contribution is 2.41. The second-order valence-corrected chi connectivity index (χ2v) is 15.0. The van der Waals surface area contributed by atoms with Crippen LogP contribution in [0.2, 0.25) is 0 Å². The molecule has 0 fully saturated rings. The Labute approximate surface area is 335 Å². The average molecular weight is 740 g/mol. The standard InChI is InChI=1S/C52H34BN5/c1-2-18-36(19-3-1)53-44-27-10-4-21-38(44)39-22-9-15-32-50(39)58(53)37-20-16-17-35(33-37)45-34-51(56-46-28-11-5-23-40(46)41-24-6-12-29-47(41)56)55-52(54-45)57-48-30-13-7-25-42(48)43-26-8-14-31-49(43)57/h1-34H. The molecule has 270 valence electrons. The summed E-state index contributed by atoms with van der Waals surface area (Å²) in [6, 6.07) is 73.8. The summed E-state index contributed by atoms with van der Waals surface area (Å²) in [4.78, 5) is 13.4. The van der Waals surface area contributed by atoms with Crippen molar-refractivity contribution in [3.05, 3.63) is 206 Å². The molecule has 0 spiro atoms. The summed E-state index contributed by atoms with van der Waals surface area (Å²) in [6.45, 7) is -0.0331. The highest BCUT2D eigenvalue weighted by atomic mass is 15.2. The van der Waals surface area contributed by atoms with Crippen molar-refractivity contribution in [2.75, 3.05) is 4.81 Å². The normalized spacial score (nSPS) is 12.4. The fourth-order valence-corrected chi connectivity index (χ4v) is 9.33. The van der Waals surface area contributed by atoms with E-state index in [9.17, 15) is 0 Å². The van der Waals surface area contributed by atoms with Crippen LogP contribution in [-0.4, -0.2) is 25.9 Å². The SMILES string of the molecule is c1ccc(B2c3ccccc3-c3ccccc3N2c2cccc(-c3cc(-n4c5ccccc5c5ccccc54)nc(-n4c5ccccc5c5ccccc54)n3)c2)cc1. The van der Waals surface area contributed by atoms with Crippen LogP contribution in [0.5, 0.6) is 0 Å². The Kier molecular flexibility index (Phi) is 7.26. The number of anilines is 2. The molecule has 0 radical (unpaired) electrons. The Morgan fingerprint density at radius 1 is 0.397 bits per heavy atom. The lowest BCUT2D eigenvalue weighted by Gasteiger charge is -2.39. The van der Waals surface area contributed by atoms with Crippen molar-refractivity contribution in [1.29, 1.82) is 0 Å². The van der Waals surface area contributed by atoms with Crippen molar-refractivity contribution in [3.8, 4) is 34.2 Å². The lowest BCUT2D eigenvalue weighted by atomic mass is 9.46. The van der Waals surface area contributed by atoms with Crippen LogP contribution in [0.15, 0.2) is 206 Å². The van der Waals surface area contributed by atoms with Crippen molar-refractivity contribution in [2.24, 2.45) is 0 Å². The van der Waals surface area contributed by atoms with E-state index in [0.717, 1.165) is 44.8 Å². The molecule has 0 amide bonds. The number of benzene rings is 8. The van der Waals surface area contributed by atoms with Crippen molar-refractivity contribution >= 4 is 72.8 Å². The molecule has 1 aliphatic rings. The van der Waals surface area contributed by atoms with Crippen molar-refractivity contribution in [3.63, 3.8) is 0 Å². The molecule has 0 saturated heterocycles. The minimum Gasteiger partial charge on any atom is -0.376 e. The molecular formula is C52H34BN5. The van der Waals surface area contributed by atoms with Gasteiger partial charge in [0.1, 0.15) is 5.82 Å². The predicted octanol–water partition coefficient (Wildman–Crippen LogP) is 11.3. The molecule has 58 heavy (non-hydrogen) atoms. The van der Waals surface area contributed by atoms with Crippen LogP contribution in [0.4, 0.5) is 11.4 Å². The van der Waals surface area contributed by atoms with Gasteiger partial charge in [-0.2, -0.15) is 4.98 Å². The zero-order chi connectivity index (χ0) is 38.2. The fraction of sp³-hybridized carbons (Fsp3) is 0. The van der Waals surface area contributed by atoms with Crippen LogP contribution in [0.3, 0.4) is 0 Å². The Morgan fingerprint density at radius 3 is 1.59 bits per heavy atom. The summed E-state index contributed by atoms with van der Waals surface area (Å²) < 4.78 is 4.51. The maximum Gasteiger partial charge on any atom is 0.328 e. The molecule has 12 rings (SSSR count). The maximum absolute atomic E-state index is 5.48. The van der Waals surface area contributed by atoms with Crippen molar-refractivity contribution in [1.82, 2.24) is 19.1 Å². The first-order valence-corrected chi connectivity index (χ1v) is 19.8. The van der Waals surface area contributed by atoms with E-state index in [1.165, 1.54) is 49.3 Å². The van der Waals surface area contributed by atoms with E-state index in [1.54, 1.807) is 0 Å². The minimum absolute atomic E-state index is 0.0331. The van der Waals surface area contributed by atoms with Gasteiger partial charge in [-0.25, -0.2) is 4.98 Å². The van der Waals surface area contributed by atoms with E-state index >= 15 is 0 Å². The van der Waals surface area contributed by atoms with E-state index < -0.39 is 0 Å². The minimum atomic E-state index is -0.0331. The molecule has 11 aromatic rings. The van der Waals surface area contributed by atoms with Gasteiger partial charge >= 0.3 is 6.85 Å². The van der Waals surface area contributed by atoms with E-state index in [2.05, 4.69) is 220 Å². The van der Waals surface area contributed by atoms with Crippen LogP contribution in [-0.2, 0) is 0 Å². The first-order valence-electron chi connectivity index (χ1n) is 19.8. The number of para-hydroxylation sites is 5. The predicted molar refractivity (Wildman–Crippen MR) is 242 cm³/mol. The molecule has 0 bridgehead atoms. The third-order valence-electron chi connectivity index (χ3n) is 11.8. The fourth-order valence-electron chi connectivity index (χ4n) is 9.33. The monoisotopic (exact) mass is 739 g/mol. The number of fused-ring (bicyclic) bond motifs is 9. The Morgan fingerprint density at radius 2 is 0.931 bits per heavy atom. The van der Waals surface area contributed by atoms with E-state index in [-0.39, 0.29) is 6.85 Å². The average Bonchev–Trinajstić information content (AvgIpc) is 3.82. The highest BCUT2D eigenvalue weighted by Gasteiger charge is 2.37. The van der Waals surface area contributed by atoms with Gasteiger partial charge in [0.05, 0.1) is 27.8 Å². The number of aromatic nitrogens is 4. The summed E-state index contributed by atoms with van der Waals surface area (Å²) in [5, 5.41) is 4.72. The van der Waals surface area contributed by atoms with Gasteiger partial charge in [-0.3, -0.25) is 9.13 Å². The Bertz CT molecular complexity index is 3140. The second-order valence-electron chi connectivity index (χ2n) is 15.0. The smallest absolute Gasteiger partial charge is 0.328 e. The molecular weight excluding hydrogens is 705 g/mol. The van der Waals surface area contributed by atoms with E-state index in [1.807, 2.05) is 0 Å². The van der Waals surface area contributed by atoms with Crippen LogP contribution in [0.25, 0.3) is 77.8 Å². The number of hydrogen-bond acceptors (Lipinski definition) is 3. The summed E-state index contributed by atoms with van der Waals surface area (Å²) in [7, 11) is 0. The van der Waals surface area contributed by atoms with Crippen molar-refractivity contribution < 1.29 is 0 Å². The number of rotatable bonds is 5. The van der Waals surface area contributed by atoms with Gasteiger partial charge in [0.2, 0.25) is 5.95 Å². The van der Waals surface area contributed by atoms with Gasteiger partial charge in [0.25, 0.3) is 0 Å².